The van der Waals surface area contributed by atoms with Gasteiger partial charge in [0.2, 0.25) is 0 Å². The molecule has 1 aromatic rings. The van der Waals surface area contributed by atoms with Gasteiger partial charge < -0.3 is 14.8 Å². The van der Waals surface area contributed by atoms with Crippen LogP contribution in [0.1, 0.15) is 32.3 Å². The lowest BCUT2D eigenvalue weighted by atomic mass is 10.0. The van der Waals surface area contributed by atoms with E-state index in [0.717, 1.165) is 11.5 Å². The van der Waals surface area contributed by atoms with Crippen LogP contribution in [0.2, 0.25) is 0 Å². The van der Waals surface area contributed by atoms with Crippen molar-refractivity contribution < 1.29 is 23.5 Å². The Bertz CT molecular complexity index is 703. The number of ether oxygens (including phenoxy) is 2. The molecule has 2 aliphatic heterocycles. The van der Waals surface area contributed by atoms with Crippen LogP contribution in [0.5, 0.6) is 0 Å². The molecule has 142 valence electrons. The second-order valence-corrected chi connectivity index (χ2v) is 8.51. The van der Waals surface area contributed by atoms with Crippen molar-refractivity contribution in [3.05, 3.63) is 29.6 Å². The van der Waals surface area contributed by atoms with Gasteiger partial charge in [0.25, 0.3) is 0 Å². The number of thioether (sulfide) groups is 1. The van der Waals surface area contributed by atoms with Crippen LogP contribution in [-0.2, 0) is 9.47 Å². The molecule has 0 aliphatic carbocycles. The van der Waals surface area contributed by atoms with Gasteiger partial charge in [-0.1, -0.05) is 6.07 Å². The number of carbonyl (C=O) groups excluding carboxylic acids is 2. The summed E-state index contributed by atoms with van der Waals surface area (Å²) < 4.78 is 24.7. The summed E-state index contributed by atoms with van der Waals surface area (Å²) in [5.41, 5.74) is 0.562. The Kier molecular flexibility index (Phi) is 5.32. The van der Waals surface area contributed by atoms with Crippen LogP contribution < -0.4 is 10.2 Å². The number of benzene rings is 1. The largest absolute Gasteiger partial charge is 0.444 e. The summed E-state index contributed by atoms with van der Waals surface area (Å²) >= 11 is 1.79. The molecule has 1 aromatic carbocycles. The van der Waals surface area contributed by atoms with E-state index < -0.39 is 23.9 Å². The first-order chi connectivity index (χ1) is 12.2. The molecule has 0 spiro atoms. The molecule has 3 rings (SSSR count). The van der Waals surface area contributed by atoms with Crippen LogP contribution in [-0.4, -0.2) is 48.5 Å². The smallest absolute Gasteiger partial charge is 0.414 e. The molecule has 2 amide bonds. The first kappa shape index (κ1) is 18.8. The SMILES string of the molecule is CC(C)(C)OC(=O)NCC1CN(c2ccc(C3CSC3)c(F)c2)C(=O)O1. The van der Waals surface area contributed by atoms with Gasteiger partial charge in [-0.3, -0.25) is 4.90 Å². The molecule has 26 heavy (non-hydrogen) atoms. The Morgan fingerprint density at radius 1 is 1.42 bits per heavy atom. The fraction of sp³-hybridized carbons (Fsp3) is 0.556. The van der Waals surface area contributed by atoms with Gasteiger partial charge in [0.15, 0.2) is 0 Å². The topological polar surface area (TPSA) is 67.9 Å². The van der Waals surface area contributed by atoms with Crippen molar-refractivity contribution in [1.82, 2.24) is 5.32 Å². The number of rotatable bonds is 4. The number of hydrogen-bond acceptors (Lipinski definition) is 5. The molecule has 2 heterocycles. The quantitative estimate of drug-likeness (QED) is 0.863. The number of halogens is 1. The Morgan fingerprint density at radius 2 is 2.15 bits per heavy atom. The number of anilines is 1. The first-order valence-electron chi connectivity index (χ1n) is 8.55. The zero-order valence-electron chi connectivity index (χ0n) is 15.1. The second kappa shape index (κ2) is 7.34. The van der Waals surface area contributed by atoms with E-state index in [-0.39, 0.29) is 24.8 Å². The second-order valence-electron chi connectivity index (χ2n) is 7.44. The van der Waals surface area contributed by atoms with Crippen LogP contribution in [0.25, 0.3) is 0 Å². The zero-order chi connectivity index (χ0) is 18.9. The van der Waals surface area contributed by atoms with Crippen molar-refractivity contribution in [1.29, 1.82) is 0 Å². The third kappa shape index (κ3) is 4.41. The van der Waals surface area contributed by atoms with Crippen molar-refractivity contribution in [2.45, 2.75) is 38.4 Å². The fourth-order valence-electron chi connectivity index (χ4n) is 2.78. The van der Waals surface area contributed by atoms with E-state index in [1.807, 2.05) is 0 Å². The van der Waals surface area contributed by atoms with Crippen LogP contribution >= 0.6 is 11.8 Å². The van der Waals surface area contributed by atoms with Crippen molar-refractivity contribution in [2.24, 2.45) is 0 Å². The highest BCUT2D eigenvalue weighted by atomic mass is 32.2. The van der Waals surface area contributed by atoms with Crippen LogP contribution in [0.3, 0.4) is 0 Å². The number of cyclic esters (lactones) is 1. The van der Waals surface area contributed by atoms with E-state index in [0.29, 0.717) is 11.3 Å². The highest BCUT2D eigenvalue weighted by Gasteiger charge is 2.33. The van der Waals surface area contributed by atoms with Gasteiger partial charge in [0, 0.05) is 17.4 Å². The van der Waals surface area contributed by atoms with Crippen LogP contribution in [0.15, 0.2) is 18.2 Å². The Hall–Kier alpha value is -1.96. The normalized spacial score (nSPS) is 20.5. The average Bonchev–Trinajstić information content (AvgIpc) is 2.85. The van der Waals surface area contributed by atoms with E-state index in [1.165, 1.54) is 11.0 Å². The van der Waals surface area contributed by atoms with E-state index in [4.69, 9.17) is 9.47 Å². The van der Waals surface area contributed by atoms with E-state index in [1.54, 1.807) is 44.7 Å². The number of nitrogens with one attached hydrogen (secondary N) is 1. The van der Waals surface area contributed by atoms with Crippen molar-refractivity contribution in [3.63, 3.8) is 0 Å². The van der Waals surface area contributed by atoms with E-state index >= 15 is 0 Å². The number of carbonyl (C=O) groups is 2. The Balaban J connectivity index is 1.57. The fourth-order valence-corrected chi connectivity index (χ4v) is 3.61. The molecule has 8 heteroatoms. The van der Waals surface area contributed by atoms with Crippen LogP contribution in [0, 0.1) is 5.82 Å². The maximum absolute atomic E-state index is 14.3. The average molecular weight is 382 g/mol. The molecule has 2 saturated heterocycles. The summed E-state index contributed by atoms with van der Waals surface area (Å²) in [6.07, 6.45) is -1.63. The number of amides is 2. The molecular formula is C18H23FN2O4S. The highest BCUT2D eigenvalue weighted by molar-refractivity contribution is 8.00. The lowest BCUT2D eigenvalue weighted by Crippen LogP contribution is -2.38. The summed E-state index contributed by atoms with van der Waals surface area (Å²) in [6.45, 7) is 5.68. The molecule has 1 N–H and O–H groups in total. The van der Waals surface area contributed by atoms with Gasteiger partial charge in [0.05, 0.1) is 18.8 Å². The van der Waals surface area contributed by atoms with Gasteiger partial charge in [-0.15, -0.1) is 0 Å². The summed E-state index contributed by atoms with van der Waals surface area (Å²) in [5.74, 6) is 1.82. The standard InChI is InChI=1S/C18H23FN2O4S/c1-18(2,3)25-16(22)20-7-13-8-21(17(23)24-13)12-4-5-14(15(19)6-12)11-9-26-10-11/h4-6,11,13H,7-10H2,1-3H3,(H,20,22). The summed E-state index contributed by atoms with van der Waals surface area (Å²) in [4.78, 5) is 25.2. The third-order valence-electron chi connectivity index (χ3n) is 4.12. The van der Waals surface area contributed by atoms with Gasteiger partial charge in [-0.25, -0.2) is 14.0 Å². The summed E-state index contributed by atoms with van der Waals surface area (Å²) in [7, 11) is 0. The number of hydrogen-bond donors (Lipinski definition) is 1. The molecule has 0 aromatic heterocycles. The predicted octanol–water partition coefficient (Wildman–Crippen LogP) is 3.51. The lowest BCUT2D eigenvalue weighted by Gasteiger charge is -2.26. The summed E-state index contributed by atoms with van der Waals surface area (Å²) in [6, 6.07) is 4.87. The van der Waals surface area contributed by atoms with Gasteiger partial charge in [-0.05, 0) is 38.5 Å². The molecule has 1 unspecified atom stereocenters. The monoisotopic (exact) mass is 382 g/mol. The Labute approximate surface area is 156 Å². The maximum atomic E-state index is 14.3. The minimum absolute atomic E-state index is 0.136. The van der Waals surface area contributed by atoms with Crippen LogP contribution in [0.4, 0.5) is 19.7 Å². The molecule has 1 atom stereocenters. The lowest BCUT2D eigenvalue weighted by molar-refractivity contribution is 0.0496. The number of nitrogens with zero attached hydrogens (tertiary/aromatic N) is 1. The molecule has 2 fully saturated rings. The molecule has 2 aliphatic rings. The molecular weight excluding hydrogens is 359 g/mol. The van der Waals surface area contributed by atoms with Crippen molar-refractivity contribution >= 4 is 29.6 Å². The van der Waals surface area contributed by atoms with E-state index in [9.17, 15) is 14.0 Å². The van der Waals surface area contributed by atoms with Gasteiger partial charge in [0.1, 0.15) is 17.5 Å². The molecule has 0 saturated carbocycles. The summed E-state index contributed by atoms with van der Waals surface area (Å²) in [5, 5.41) is 2.58. The van der Waals surface area contributed by atoms with Gasteiger partial charge in [-0.2, -0.15) is 11.8 Å². The highest BCUT2D eigenvalue weighted by Crippen LogP contribution is 2.36. The third-order valence-corrected chi connectivity index (χ3v) is 5.40. The maximum Gasteiger partial charge on any atom is 0.414 e. The predicted molar refractivity (Wildman–Crippen MR) is 98.3 cm³/mol. The zero-order valence-corrected chi connectivity index (χ0v) is 15.9. The molecule has 6 nitrogen and oxygen atoms in total. The first-order valence-corrected chi connectivity index (χ1v) is 9.70. The minimum Gasteiger partial charge on any atom is -0.444 e. The van der Waals surface area contributed by atoms with E-state index in [2.05, 4.69) is 5.32 Å². The minimum atomic E-state index is -0.597. The van der Waals surface area contributed by atoms with Crippen molar-refractivity contribution in [3.8, 4) is 0 Å². The molecule has 0 bridgehead atoms. The Morgan fingerprint density at radius 3 is 2.73 bits per heavy atom. The molecule has 0 radical (unpaired) electrons. The van der Waals surface area contributed by atoms with Gasteiger partial charge >= 0.3 is 12.2 Å². The number of alkyl carbamates (subject to hydrolysis) is 1. The van der Waals surface area contributed by atoms with Crippen molar-refractivity contribution in [2.75, 3.05) is 29.5 Å².